The van der Waals surface area contributed by atoms with Crippen molar-refractivity contribution in [3.8, 4) is 0 Å². The van der Waals surface area contributed by atoms with Crippen molar-refractivity contribution in [1.82, 2.24) is 10.6 Å². The maximum absolute atomic E-state index is 10.9. The summed E-state index contributed by atoms with van der Waals surface area (Å²) in [5, 5.41) is 16.4. The minimum Gasteiger partial charge on any atom is -0.478 e. The lowest BCUT2D eigenvalue weighted by molar-refractivity contribution is 0.0697. The molecule has 142 valence electrons. The summed E-state index contributed by atoms with van der Waals surface area (Å²) in [6.45, 7) is 2.90. The first-order chi connectivity index (χ1) is 13.2. The Morgan fingerprint density at radius 2 is 1.78 bits per heavy atom. The van der Waals surface area contributed by atoms with Crippen LogP contribution in [0.1, 0.15) is 53.1 Å². The molecule has 2 aromatic rings. The van der Waals surface area contributed by atoms with E-state index in [4.69, 9.17) is 5.11 Å². The minimum absolute atomic E-state index is 0.343. The average molecular weight is 364 g/mol. The van der Waals surface area contributed by atoms with Crippen LogP contribution in [-0.4, -0.2) is 30.2 Å². The predicted molar refractivity (Wildman–Crippen MR) is 107 cm³/mol. The molecule has 2 aliphatic rings. The second kappa shape index (κ2) is 7.83. The van der Waals surface area contributed by atoms with Crippen molar-refractivity contribution >= 4 is 5.97 Å². The van der Waals surface area contributed by atoms with Gasteiger partial charge in [0.1, 0.15) is 0 Å². The van der Waals surface area contributed by atoms with Crippen LogP contribution < -0.4 is 10.6 Å². The third-order valence-electron chi connectivity index (χ3n) is 6.20. The van der Waals surface area contributed by atoms with Gasteiger partial charge in [0.25, 0.3) is 0 Å². The average Bonchev–Trinajstić information content (AvgIpc) is 3.44. The SMILES string of the molecule is O=C(O)c1ccc(CNCC2(CN[C@H]3CC3c3ccccc3)CCC2)cc1. The summed E-state index contributed by atoms with van der Waals surface area (Å²) in [5.74, 6) is -0.188. The molecule has 1 unspecified atom stereocenters. The Morgan fingerprint density at radius 3 is 2.41 bits per heavy atom. The number of hydrogen-bond donors (Lipinski definition) is 3. The monoisotopic (exact) mass is 364 g/mol. The van der Waals surface area contributed by atoms with Gasteiger partial charge in [-0.25, -0.2) is 4.79 Å². The lowest BCUT2D eigenvalue weighted by atomic mass is 9.68. The molecular formula is C23H28N2O2. The van der Waals surface area contributed by atoms with Crippen molar-refractivity contribution in [1.29, 1.82) is 0 Å². The lowest BCUT2D eigenvalue weighted by Crippen LogP contribution is -2.47. The zero-order valence-corrected chi connectivity index (χ0v) is 15.7. The molecule has 0 aromatic heterocycles. The van der Waals surface area contributed by atoms with Gasteiger partial charge in [-0.05, 0) is 47.9 Å². The van der Waals surface area contributed by atoms with E-state index < -0.39 is 5.97 Å². The standard InChI is InChI=1S/C23H28N2O2/c26-22(27)19-9-7-17(8-10-19)14-24-15-23(11-4-12-23)16-25-21-13-20(21)18-5-2-1-3-6-18/h1-3,5-10,20-21,24-25H,4,11-16H2,(H,26,27)/t20?,21-/m0/s1. The molecule has 2 aromatic carbocycles. The topological polar surface area (TPSA) is 61.4 Å². The summed E-state index contributed by atoms with van der Waals surface area (Å²) in [7, 11) is 0. The smallest absolute Gasteiger partial charge is 0.335 e. The molecular weight excluding hydrogens is 336 g/mol. The van der Waals surface area contributed by atoms with Crippen molar-refractivity contribution in [2.24, 2.45) is 5.41 Å². The van der Waals surface area contributed by atoms with Crippen LogP contribution >= 0.6 is 0 Å². The van der Waals surface area contributed by atoms with Gasteiger partial charge >= 0.3 is 5.97 Å². The number of carbonyl (C=O) groups is 1. The number of nitrogens with one attached hydrogen (secondary N) is 2. The zero-order chi connectivity index (χ0) is 18.7. The van der Waals surface area contributed by atoms with E-state index in [9.17, 15) is 4.79 Å². The van der Waals surface area contributed by atoms with E-state index in [2.05, 4.69) is 41.0 Å². The fourth-order valence-corrected chi connectivity index (χ4v) is 4.17. The van der Waals surface area contributed by atoms with Crippen LogP contribution in [0.5, 0.6) is 0 Å². The quantitative estimate of drug-likeness (QED) is 0.633. The molecule has 2 saturated carbocycles. The van der Waals surface area contributed by atoms with E-state index in [1.807, 2.05) is 12.1 Å². The largest absolute Gasteiger partial charge is 0.478 e. The Labute approximate surface area is 161 Å². The van der Waals surface area contributed by atoms with E-state index in [1.54, 1.807) is 12.1 Å². The number of hydrogen-bond acceptors (Lipinski definition) is 3. The summed E-state index contributed by atoms with van der Waals surface area (Å²) in [5.41, 5.74) is 3.32. The Hall–Kier alpha value is -2.17. The van der Waals surface area contributed by atoms with Crippen LogP contribution in [0.3, 0.4) is 0 Å². The Morgan fingerprint density at radius 1 is 1.04 bits per heavy atom. The van der Waals surface area contributed by atoms with E-state index in [1.165, 1.54) is 31.2 Å². The van der Waals surface area contributed by atoms with Crippen molar-refractivity contribution in [3.63, 3.8) is 0 Å². The summed E-state index contributed by atoms with van der Waals surface area (Å²) < 4.78 is 0. The second-order valence-corrected chi connectivity index (χ2v) is 8.20. The van der Waals surface area contributed by atoms with Gasteiger partial charge in [0.15, 0.2) is 0 Å². The third-order valence-corrected chi connectivity index (χ3v) is 6.20. The van der Waals surface area contributed by atoms with Gasteiger partial charge in [0, 0.05) is 31.6 Å². The molecule has 2 atom stereocenters. The van der Waals surface area contributed by atoms with Crippen LogP contribution in [0.15, 0.2) is 54.6 Å². The molecule has 0 saturated heterocycles. The highest BCUT2D eigenvalue weighted by molar-refractivity contribution is 5.87. The molecule has 0 radical (unpaired) electrons. The van der Waals surface area contributed by atoms with Gasteiger partial charge in [-0.1, -0.05) is 48.9 Å². The van der Waals surface area contributed by atoms with Crippen LogP contribution in [0.4, 0.5) is 0 Å². The molecule has 4 rings (SSSR count). The van der Waals surface area contributed by atoms with Gasteiger partial charge in [-0.2, -0.15) is 0 Å². The maximum Gasteiger partial charge on any atom is 0.335 e. The molecule has 27 heavy (non-hydrogen) atoms. The highest BCUT2D eigenvalue weighted by Gasteiger charge is 2.42. The van der Waals surface area contributed by atoms with Crippen molar-refractivity contribution in [3.05, 3.63) is 71.3 Å². The number of carboxylic acids is 1. The second-order valence-electron chi connectivity index (χ2n) is 8.20. The molecule has 0 aliphatic heterocycles. The van der Waals surface area contributed by atoms with E-state index in [0.717, 1.165) is 25.2 Å². The molecule has 4 nitrogen and oxygen atoms in total. The first-order valence-corrected chi connectivity index (χ1v) is 9.97. The van der Waals surface area contributed by atoms with Crippen molar-refractivity contribution in [2.45, 2.75) is 44.2 Å². The zero-order valence-electron chi connectivity index (χ0n) is 15.7. The van der Waals surface area contributed by atoms with Gasteiger partial charge < -0.3 is 15.7 Å². The number of rotatable bonds is 9. The first-order valence-electron chi connectivity index (χ1n) is 9.97. The summed E-state index contributed by atoms with van der Waals surface area (Å²) in [6.07, 6.45) is 5.15. The van der Waals surface area contributed by atoms with Crippen LogP contribution in [0, 0.1) is 5.41 Å². The Bertz CT molecular complexity index is 769. The van der Waals surface area contributed by atoms with Crippen molar-refractivity contribution < 1.29 is 9.90 Å². The number of benzene rings is 2. The van der Waals surface area contributed by atoms with Crippen LogP contribution in [0.25, 0.3) is 0 Å². The normalized spacial score (nSPS) is 22.8. The highest BCUT2D eigenvalue weighted by Crippen LogP contribution is 2.44. The van der Waals surface area contributed by atoms with Gasteiger partial charge in [0.2, 0.25) is 0 Å². The first kappa shape index (κ1) is 18.2. The molecule has 0 heterocycles. The van der Waals surface area contributed by atoms with Gasteiger partial charge in [-0.15, -0.1) is 0 Å². The predicted octanol–water partition coefficient (Wildman–Crippen LogP) is 3.79. The molecule has 4 heteroatoms. The molecule has 0 amide bonds. The Balaban J connectivity index is 1.22. The fraction of sp³-hybridized carbons (Fsp3) is 0.435. The number of aromatic carboxylic acids is 1. The van der Waals surface area contributed by atoms with E-state index in [0.29, 0.717) is 22.9 Å². The molecule has 2 aliphatic carbocycles. The molecule has 0 bridgehead atoms. The van der Waals surface area contributed by atoms with Gasteiger partial charge in [-0.3, -0.25) is 0 Å². The Kier molecular flexibility index (Phi) is 5.28. The fourth-order valence-electron chi connectivity index (χ4n) is 4.17. The van der Waals surface area contributed by atoms with Crippen LogP contribution in [-0.2, 0) is 6.54 Å². The third kappa shape index (κ3) is 4.40. The van der Waals surface area contributed by atoms with Crippen molar-refractivity contribution in [2.75, 3.05) is 13.1 Å². The number of carboxylic acid groups (broad SMARTS) is 1. The summed E-state index contributed by atoms with van der Waals surface area (Å²) in [4.78, 5) is 10.9. The summed E-state index contributed by atoms with van der Waals surface area (Å²) >= 11 is 0. The minimum atomic E-state index is -0.872. The van der Waals surface area contributed by atoms with Gasteiger partial charge in [0.05, 0.1) is 5.56 Å². The molecule has 2 fully saturated rings. The maximum atomic E-state index is 10.9. The molecule has 0 spiro atoms. The van der Waals surface area contributed by atoms with E-state index >= 15 is 0 Å². The van der Waals surface area contributed by atoms with E-state index in [-0.39, 0.29) is 0 Å². The highest BCUT2D eigenvalue weighted by atomic mass is 16.4. The summed E-state index contributed by atoms with van der Waals surface area (Å²) in [6, 6.07) is 18.6. The van der Waals surface area contributed by atoms with Crippen LogP contribution in [0.2, 0.25) is 0 Å². The molecule has 3 N–H and O–H groups in total. The lowest BCUT2D eigenvalue weighted by Gasteiger charge is -2.42.